The van der Waals surface area contributed by atoms with Crippen LogP contribution in [0, 0.1) is 12.7 Å². The van der Waals surface area contributed by atoms with Gasteiger partial charge in [0.1, 0.15) is 5.82 Å². The third-order valence-corrected chi connectivity index (χ3v) is 2.94. The fourth-order valence-electron chi connectivity index (χ4n) is 1.63. The quantitative estimate of drug-likeness (QED) is 0.824. The summed E-state index contributed by atoms with van der Waals surface area (Å²) in [5.74, 6) is -1.18. The zero-order valence-electron chi connectivity index (χ0n) is 10.2. The molecule has 2 rings (SSSR count). The van der Waals surface area contributed by atoms with Crippen molar-refractivity contribution < 1.29 is 9.18 Å². The Bertz CT molecular complexity index is 643. The van der Waals surface area contributed by atoms with E-state index in [0.29, 0.717) is 11.4 Å². The molecule has 19 heavy (non-hydrogen) atoms. The topological polar surface area (TPSA) is 55.1 Å². The van der Waals surface area contributed by atoms with Gasteiger partial charge in [0.2, 0.25) is 0 Å². The van der Waals surface area contributed by atoms with E-state index in [1.54, 1.807) is 18.2 Å². The number of halogens is 2. The lowest BCUT2D eigenvalue weighted by Gasteiger charge is -2.08. The van der Waals surface area contributed by atoms with Crippen molar-refractivity contribution in [2.75, 3.05) is 11.1 Å². The highest BCUT2D eigenvalue weighted by molar-refractivity contribution is 6.30. The number of hydrogen-bond donors (Lipinski definition) is 2. The van der Waals surface area contributed by atoms with E-state index in [9.17, 15) is 9.18 Å². The fourth-order valence-corrected chi connectivity index (χ4v) is 1.78. The van der Waals surface area contributed by atoms with Crippen LogP contribution in [0.4, 0.5) is 15.8 Å². The molecule has 0 fully saturated rings. The monoisotopic (exact) mass is 278 g/mol. The van der Waals surface area contributed by atoms with Crippen molar-refractivity contribution in [1.29, 1.82) is 0 Å². The average molecular weight is 279 g/mol. The van der Waals surface area contributed by atoms with Crippen molar-refractivity contribution >= 4 is 28.9 Å². The SMILES string of the molecule is Cc1cc(NC(=O)c2ccc(Cl)cc2F)ccc1N. The highest BCUT2D eigenvalue weighted by Gasteiger charge is 2.12. The van der Waals surface area contributed by atoms with Gasteiger partial charge in [0.25, 0.3) is 5.91 Å². The van der Waals surface area contributed by atoms with Gasteiger partial charge in [0.05, 0.1) is 5.56 Å². The van der Waals surface area contributed by atoms with Gasteiger partial charge >= 0.3 is 0 Å². The molecule has 0 radical (unpaired) electrons. The number of carbonyl (C=O) groups is 1. The molecule has 0 saturated heterocycles. The van der Waals surface area contributed by atoms with Crippen LogP contribution in [-0.2, 0) is 0 Å². The second-order valence-corrected chi connectivity index (χ2v) is 4.59. The fraction of sp³-hybridized carbons (Fsp3) is 0.0714. The van der Waals surface area contributed by atoms with Crippen molar-refractivity contribution in [1.82, 2.24) is 0 Å². The van der Waals surface area contributed by atoms with Crippen LogP contribution in [0.1, 0.15) is 15.9 Å². The van der Waals surface area contributed by atoms with Crippen molar-refractivity contribution in [3.8, 4) is 0 Å². The zero-order chi connectivity index (χ0) is 14.0. The number of nitrogen functional groups attached to an aromatic ring is 1. The predicted molar refractivity (Wildman–Crippen MR) is 75.0 cm³/mol. The molecule has 5 heteroatoms. The molecule has 2 aromatic carbocycles. The number of amides is 1. The third kappa shape index (κ3) is 3.03. The maximum Gasteiger partial charge on any atom is 0.258 e. The van der Waals surface area contributed by atoms with Crippen molar-refractivity contribution in [3.05, 3.63) is 58.4 Å². The molecule has 0 bridgehead atoms. The summed E-state index contributed by atoms with van der Waals surface area (Å²) in [6.07, 6.45) is 0. The van der Waals surface area contributed by atoms with Gasteiger partial charge < -0.3 is 11.1 Å². The van der Waals surface area contributed by atoms with Gasteiger partial charge in [-0.15, -0.1) is 0 Å². The smallest absolute Gasteiger partial charge is 0.258 e. The summed E-state index contributed by atoms with van der Waals surface area (Å²) in [4.78, 5) is 11.9. The third-order valence-electron chi connectivity index (χ3n) is 2.70. The molecule has 0 aliphatic carbocycles. The Morgan fingerprint density at radius 2 is 2.00 bits per heavy atom. The first-order chi connectivity index (χ1) is 8.97. The van der Waals surface area contributed by atoms with Crippen LogP contribution in [0.2, 0.25) is 5.02 Å². The van der Waals surface area contributed by atoms with E-state index in [4.69, 9.17) is 17.3 Å². The van der Waals surface area contributed by atoms with E-state index in [0.717, 1.165) is 11.6 Å². The summed E-state index contributed by atoms with van der Waals surface area (Å²) in [6, 6.07) is 8.98. The lowest BCUT2D eigenvalue weighted by molar-refractivity contribution is 0.102. The van der Waals surface area contributed by atoms with Gasteiger partial charge in [-0.05, 0) is 48.9 Å². The predicted octanol–water partition coefficient (Wildman–Crippen LogP) is 3.62. The number of anilines is 2. The highest BCUT2D eigenvalue weighted by Crippen LogP contribution is 2.19. The van der Waals surface area contributed by atoms with Crippen molar-refractivity contribution in [2.24, 2.45) is 0 Å². The zero-order valence-corrected chi connectivity index (χ0v) is 11.0. The minimum absolute atomic E-state index is 0.0566. The molecule has 1 amide bonds. The van der Waals surface area contributed by atoms with Crippen LogP contribution in [0.5, 0.6) is 0 Å². The summed E-state index contributed by atoms with van der Waals surface area (Å²) in [6.45, 7) is 1.83. The van der Waals surface area contributed by atoms with Gasteiger partial charge in [-0.2, -0.15) is 0 Å². The molecule has 0 aromatic heterocycles. The number of hydrogen-bond acceptors (Lipinski definition) is 2. The Morgan fingerprint density at radius 1 is 1.26 bits per heavy atom. The number of carbonyl (C=O) groups excluding carboxylic acids is 1. The lowest BCUT2D eigenvalue weighted by atomic mass is 10.1. The molecule has 0 unspecified atom stereocenters. The van der Waals surface area contributed by atoms with Crippen LogP contribution in [-0.4, -0.2) is 5.91 Å². The summed E-state index contributed by atoms with van der Waals surface area (Å²) in [5, 5.41) is 2.86. The van der Waals surface area contributed by atoms with Crippen LogP contribution in [0.15, 0.2) is 36.4 Å². The molecule has 3 N–H and O–H groups in total. The summed E-state index contributed by atoms with van der Waals surface area (Å²) < 4.78 is 13.6. The van der Waals surface area contributed by atoms with E-state index in [1.165, 1.54) is 12.1 Å². The first-order valence-electron chi connectivity index (χ1n) is 5.60. The summed E-state index contributed by atoms with van der Waals surface area (Å²) in [5.41, 5.74) is 7.67. The van der Waals surface area contributed by atoms with Crippen LogP contribution in [0.3, 0.4) is 0 Å². The van der Waals surface area contributed by atoms with Crippen molar-refractivity contribution in [2.45, 2.75) is 6.92 Å². The largest absolute Gasteiger partial charge is 0.399 e. The molecule has 0 saturated carbocycles. The van der Waals surface area contributed by atoms with Crippen LogP contribution in [0.25, 0.3) is 0 Å². The molecular formula is C14H12ClFN2O. The second kappa shape index (κ2) is 5.28. The number of benzene rings is 2. The Labute approximate surface area is 115 Å². The first kappa shape index (κ1) is 13.4. The molecule has 0 spiro atoms. The van der Waals surface area contributed by atoms with E-state index < -0.39 is 11.7 Å². The summed E-state index contributed by atoms with van der Waals surface area (Å²) >= 11 is 5.63. The molecule has 0 aliphatic rings. The second-order valence-electron chi connectivity index (χ2n) is 4.15. The van der Waals surface area contributed by atoms with Gasteiger partial charge in [0.15, 0.2) is 0 Å². The molecule has 98 valence electrons. The van der Waals surface area contributed by atoms with E-state index in [1.807, 2.05) is 6.92 Å². The minimum atomic E-state index is -0.655. The average Bonchev–Trinajstić information content (AvgIpc) is 2.33. The standard InChI is InChI=1S/C14H12ClFN2O/c1-8-6-10(3-5-13(8)17)18-14(19)11-4-2-9(15)7-12(11)16/h2-7H,17H2,1H3,(H,18,19). The van der Waals surface area contributed by atoms with Gasteiger partial charge in [0, 0.05) is 16.4 Å². The Balaban J connectivity index is 2.23. The number of nitrogens with two attached hydrogens (primary N) is 1. The Hall–Kier alpha value is -2.07. The number of rotatable bonds is 2. The first-order valence-corrected chi connectivity index (χ1v) is 5.97. The minimum Gasteiger partial charge on any atom is -0.399 e. The van der Waals surface area contributed by atoms with E-state index in [2.05, 4.69) is 5.32 Å². The van der Waals surface area contributed by atoms with Gasteiger partial charge in [-0.25, -0.2) is 4.39 Å². The maximum absolute atomic E-state index is 13.6. The maximum atomic E-state index is 13.6. The molecule has 2 aromatic rings. The highest BCUT2D eigenvalue weighted by atomic mass is 35.5. The van der Waals surface area contributed by atoms with Crippen molar-refractivity contribution in [3.63, 3.8) is 0 Å². The van der Waals surface area contributed by atoms with E-state index in [-0.39, 0.29) is 10.6 Å². The summed E-state index contributed by atoms with van der Waals surface area (Å²) in [7, 11) is 0. The molecule has 0 atom stereocenters. The normalized spacial score (nSPS) is 10.3. The molecule has 0 aliphatic heterocycles. The lowest BCUT2D eigenvalue weighted by Crippen LogP contribution is -2.13. The van der Waals surface area contributed by atoms with Gasteiger partial charge in [-0.1, -0.05) is 11.6 Å². The molecule has 3 nitrogen and oxygen atoms in total. The molecular weight excluding hydrogens is 267 g/mol. The number of nitrogens with one attached hydrogen (secondary N) is 1. The van der Waals surface area contributed by atoms with Crippen LogP contribution < -0.4 is 11.1 Å². The Kier molecular flexibility index (Phi) is 3.71. The van der Waals surface area contributed by atoms with E-state index >= 15 is 0 Å². The molecule has 0 heterocycles. The number of aryl methyl sites for hydroxylation is 1. The van der Waals surface area contributed by atoms with Gasteiger partial charge in [-0.3, -0.25) is 4.79 Å². The van der Waals surface area contributed by atoms with Crippen LogP contribution >= 0.6 is 11.6 Å². The Morgan fingerprint density at radius 3 is 2.63 bits per heavy atom.